The molecule has 32 heavy (non-hydrogen) atoms. The molecule has 0 radical (unpaired) electrons. The van der Waals surface area contributed by atoms with E-state index < -0.39 is 11.7 Å². The standard InChI is InChI=1S/C22H26ClF3N6/c1-20(2)9-15(10-21(3,4)32(20)5)29-18-16(22(24,25)26)12-28-19(31-18)30-14-6-7-17(23)13(8-14)11-27/h6-8,12,15H,9-10H2,1-5H3,(H2,28,29,30,31). The van der Waals surface area contributed by atoms with E-state index >= 15 is 0 Å². The molecule has 2 N–H and O–H groups in total. The molecule has 0 saturated carbocycles. The van der Waals surface area contributed by atoms with Crippen LogP contribution in [0.15, 0.2) is 24.4 Å². The Labute approximate surface area is 190 Å². The van der Waals surface area contributed by atoms with Gasteiger partial charge in [-0.2, -0.15) is 23.4 Å². The van der Waals surface area contributed by atoms with E-state index in [9.17, 15) is 13.2 Å². The average molecular weight is 467 g/mol. The van der Waals surface area contributed by atoms with Gasteiger partial charge in [0, 0.05) is 29.0 Å². The summed E-state index contributed by atoms with van der Waals surface area (Å²) >= 11 is 5.94. The summed E-state index contributed by atoms with van der Waals surface area (Å²) in [6.07, 6.45) is -2.53. The van der Waals surface area contributed by atoms with Gasteiger partial charge >= 0.3 is 6.18 Å². The zero-order valence-corrected chi connectivity index (χ0v) is 19.4. The van der Waals surface area contributed by atoms with E-state index in [0.29, 0.717) is 18.5 Å². The summed E-state index contributed by atoms with van der Waals surface area (Å²) in [5.41, 5.74) is -0.659. The second-order valence-electron chi connectivity index (χ2n) is 9.32. The van der Waals surface area contributed by atoms with Gasteiger partial charge in [0.1, 0.15) is 17.5 Å². The van der Waals surface area contributed by atoms with Crippen LogP contribution < -0.4 is 10.6 Å². The summed E-state index contributed by atoms with van der Waals surface area (Å²) in [5.74, 6) is -0.288. The highest BCUT2D eigenvalue weighted by molar-refractivity contribution is 6.31. The zero-order chi connectivity index (χ0) is 23.9. The van der Waals surface area contributed by atoms with E-state index in [1.165, 1.54) is 12.1 Å². The number of alkyl halides is 3. The highest BCUT2D eigenvalue weighted by Gasteiger charge is 2.44. The van der Waals surface area contributed by atoms with Gasteiger partial charge in [-0.05, 0) is 65.8 Å². The summed E-state index contributed by atoms with van der Waals surface area (Å²) in [6, 6.07) is 6.35. The molecule has 0 atom stereocenters. The third-order valence-electron chi connectivity index (χ3n) is 6.09. The number of piperidine rings is 1. The smallest absolute Gasteiger partial charge is 0.367 e. The van der Waals surface area contributed by atoms with Gasteiger partial charge in [0.05, 0.1) is 10.6 Å². The molecule has 6 nitrogen and oxygen atoms in total. The van der Waals surface area contributed by atoms with E-state index in [0.717, 1.165) is 6.20 Å². The van der Waals surface area contributed by atoms with Crippen LogP contribution in [0.2, 0.25) is 5.02 Å². The molecule has 1 aromatic carbocycles. The predicted octanol–water partition coefficient (Wildman–Crippen LogP) is 5.83. The quantitative estimate of drug-likeness (QED) is 0.590. The summed E-state index contributed by atoms with van der Waals surface area (Å²) in [4.78, 5) is 10.2. The molecule has 2 heterocycles. The Morgan fingerprint density at radius 3 is 2.38 bits per heavy atom. The van der Waals surface area contributed by atoms with Crippen LogP contribution in [0.1, 0.15) is 51.7 Å². The molecule has 1 aliphatic rings. The van der Waals surface area contributed by atoms with Crippen LogP contribution in [0.5, 0.6) is 0 Å². The van der Waals surface area contributed by atoms with E-state index in [4.69, 9.17) is 16.9 Å². The fourth-order valence-corrected chi connectivity index (χ4v) is 4.40. The third kappa shape index (κ3) is 5.08. The maximum Gasteiger partial charge on any atom is 0.421 e. The zero-order valence-electron chi connectivity index (χ0n) is 18.6. The summed E-state index contributed by atoms with van der Waals surface area (Å²) in [6.45, 7) is 8.31. The molecule has 10 heteroatoms. The average Bonchev–Trinajstić information content (AvgIpc) is 2.66. The second kappa shape index (κ2) is 8.41. The first-order valence-electron chi connectivity index (χ1n) is 10.1. The van der Waals surface area contributed by atoms with Crippen LogP contribution in [0.4, 0.5) is 30.6 Å². The summed E-state index contributed by atoms with van der Waals surface area (Å²) in [7, 11) is 2.03. The van der Waals surface area contributed by atoms with Gasteiger partial charge in [-0.25, -0.2) is 4.98 Å². The maximum atomic E-state index is 13.7. The molecule has 2 aromatic rings. The minimum Gasteiger partial charge on any atom is -0.367 e. The number of halogens is 4. The first kappa shape index (κ1) is 24.1. The number of nitrogens with zero attached hydrogens (tertiary/aromatic N) is 4. The van der Waals surface area contributed by atoms with Crippen LogP contribution in [0.3, 0.4) is 0 Å². The molecule has 1 aliphatic heterocycles. The number of hydrogen-bond donors (Lipinski definition) is 2. The Bertz CT molecular complexity index is 1030. The van der Waals surface area contributed by atoms with Crippen molar-refractivity contribution in [2.75, 3.05) is 17.7 Å². The number of rotatable bonds is 4. The monoisotopic (exact) mass is 466 g/mol. The lowest BCUT2D eigenvalue weighted by Crippen LogP contribution is -2.61. The number of anilines is 3. The molecule has 3 rings (SSSR count). The van der Waals surface area contributed by atoms with Crippen molar-refractivity contribution in [2.24, 2.45) is 0 Å². The van der Waals surface area contributed by atoms with E-state index in [-0.39, 0.29) is 39.5 Å². The number of hydrogen-bond acceptors (Lipinski definition) is 6. The van der Waals surface area contributed by atoms with Crippen LogP contribution in [0, 0.1) is 11.3 Å². The summed E-state index contributed by atoms with van der Waals surface area (Å²) < 4.78 is 41.0. The molecule has 0 aliphatic carbocycles. The minimum absolute atomic E-state index is 0.0156. The van der Waals surface area contributed by atoms with Crippen molar-refractivity contribution in [2.45, 2.75) is 63.8 Å². The van der Waals surface area contributed by atoms with Gasteiger partial charge in [0.15, 0.2) is 0 Å². The molecule has 0 bridgehead atoms. The van der Waals surface area contributed by atoms with Crippen LogP contribution in [-0.2, 0) is 6.18 Å². The Morgan fingerprint density at radius 1 is 1.19 bits per heavy atom. The van der Waals surface area contributed by atoms with Gasteiger partial charge in [-0.15, -0.1) is 0 Å². The van der Waals surface area contributed by atoms with Gasteiger partial charge in [-0.1, -0.05) is 11.6 Å². The van der Waals surface area contributed by atoms with Crippen molar-refractivity contribution in [3.05, 3.63) is 40.5 Å². The first-order valence-corrected chi connectivity index (χ1v) is 10.5. The Morgan fingerprint density at radius 2 is 1.81 bits per heavy atom. The molecule has 0 unspecified atom stereocenters. The molecular formula is C22H26ClF3N6. The predicted molar refractivity (Wildman–Crippen MR) is 119 cm³/mol. The van der Waals surface area contributed by atoms with E-state index in [2.05, 4.69) is 53.2 Å². The number of nitrogens with one attached hydrogen (secondary N) is 2. The Balaban J connectivity index is 1.93. The van der Waals surface area contributed by atoms with Crippen LogP contribution in [0.25, 0.3) is 0 Å². The Hall–Kier alpha value is -2.57. The first-order chi connectivity index (χ1) is 14.7. The van der Waals surface area contributed by atoms with Gasteiger partial charge in [0.2, 0.25) is 5.95 Å². The molecule has 1 aromatic heterocycles. The van der Waals surface area contributed by atoms with Gasteiger partial charge in [0.25, 0.3) is 0 Å². The number of benzene rings is 1. The molecule has 0 spiro atoms. The lowest BCUT2D eigenvalue weighted by molar-refractivity contribution is -0.137. The lowest BCUT2D eigenvalue weighted by Gasteiger charge is -2.53. The minimum atomic E-state index is -4.61. The van der Waals surface area contributed by atoms with Crippen LogP contribution >= 0.6 is 11.6 Å². The normalized spacial score (nSPS) is 18.8. The number of likely N-dealkylation sites (tertiary alicyclic amines) is 1. The second-order valence-corrected chi connectivity index (χ2v) is 9.73. The fourth-order valence-electron chi connectivity index (χ4n) is 4.24. The molecular weight excluding hydrogens is 441 g/mol. The number of aromatic nitrogens is 2. The Kier molecular flexibility index (Phi) is 6.33. The molecule has 0 amide bonds. The number of nitriles is 1. The maximum absolute atomic E-state index is 13.7. The van der Waals surface area contributed by atoms with Gasteiger partial charge < -0.3 is 10.6 Å². The van der Waals surface area contributed by atoms with Crippen molar-refractivity contribution in [3.63, 3.8) is 0 Å². The van der Waals surface area contributed by atoms with Crippen molar-refractivity contribution >= 4 is 29.1 Å². The lowest BCUT2D eigenvalue weighted by atomic mass is 9.77. The fraction of sp³-hybridized carbons (Fsp3) is 0.500. The van der Waals surface area contributed by atoms with E-state index in [1.807, 2.05) is 13.1 Å². The molecule has 1 fully saturated rings. The SMILES string of the molecule is CN1C(C)(C)CC(Nc2nc(Nc3ccc(Cl)c(C#N)c3)ncc2C(F)(F)F)CC1(C)C. The van der Waals surface area contributed by atoms with Crippen molar-refractivity contribution in [1.82, 2.24) is 14.9 Å². The highest BCUT2D eigenvalue weighted by atomic mass is 35.5. The van der Waals surface area contributed by atoms with Crippen LogP contribution in [-0.4, -0.2) is 39.0 Å². The van der Waals surface area contributed by atoms with Crippen molar-refractivity contribution in [1.29, 1.82) is 5.26 Å². The largest absolute Gasteiger partial charge is 0.421 e. The van der Waals surface area contributed by atoms with E-state index in [1.54, 1.807) is 6.07 Å². The third-order valence-corrected chi connectivity index (χ3v) is 6.42. The van der Waals surface area contributed by atoms with Crippen molar-refractivity contribution in [3.8, 4) is 6.07 Å². The molecule has 1 saturated heterocycles. The van der Waals surface area contributed by atoms with Crippen molar-refractivity contribution < 1.29 is 13.2 Å². The summed E-state index contributed by atoms with van der Waals surface area (Å²) in [5, 5.41) is 15.3. The topological polar surface area (TPSA) is 76.9 Å². The molecule has 172 valence electrons. The van der Waals surface area contributed by atoms with Gasteiger partial charge in [-0.3, -0.25) is 4.90 Å². The highest BCUT2D eigenvalue weighted by Crippen LogP contribution is 2.40.